The van der Waals surface area contributed by atoms with Crippen LogP contribution < -0.4 is 14.8 Å². The number of amides is 1. The summed E-state index contributed by atoms with van der Waals surface area (Å²) in [5, 5.41) is 3.13. The van der Waals surface area contributed by atoms with Crippen LogP contribution in [0.25, 0.3) is 0 Å². The van der Waals surface area contributed by atoms with Crippen LogP contribution >= 0.6 is 0 Å². The van der Waals surface area contributed by atoms with E-state index in [2.05, 4.69) is 5.32 Å². The van der Waals surface area contributed by atoms with Gasteiger partial charge in [-0.05, 0) is 67.6 Å². The Balaban J connectivity index is 1.70. The van der Waals surface area contributed by atoms with Crippen LogP contribution in [0.15, 0.2) is 47.4 Å². The molecule has 1 aliphatic heterocycles. The fourth-order valence-electron chi connectivity index (χ4n) is 4.10. The Morgan fingerprint density at radius 3 is 2.47 bits per heavy atom. The quantitative estimate of drug-likeness (QED) is 0.650. The first kappa shape index (κ1) is 24.1. The molecule has 0 spiro atoms. The van der Waals surface area contributed by atoms with Crippen LogP contribution in [0.2, 0.25) is 0 Å². The zero-order valence-electron chi connectivity index (χ0n) is 19.1. The number of hydrogen-bond donors (Lipinski definition) is 1. The lowest BCUT2D eigenvalue weighted by atomic mass is 9.96. The number of carbonyl (C=O) groups is 1. The Hall–Kier alpha value is -2.58. The zero-order valence-corrected chi connectivity index (χ0v) is 19.9. The molecule has 2 atom stereocenters. The van der Waals surface area contributed by atoms with Gasteiger partial charge in [-0.1, -0.05) is 19.1 Å². The molecule has 1 amide bonds. The highest BCUT2D eigenvalue weighted by atomic mass is 32.2. The summed E-state index contributed by atoms with van der Waals surface area (Å²) in [4.78, 5) is 13.3. The molecule has 1 fully saturated rings. The molecule has 32 heavy (non-hydrogen) atoms. The zero-order chi connectivity index (χ0) is 23.3. The van der Waals surface area contributed by atoms with Crippen molar-refractivity contribution in [2.24, 2.45) is 5.92 Å². The molecular formula is C24H32N2O5S. The predicted molar refractivity (Wildman–Crippen MR) is 123 cm³/mol. The van der Waals surface area contributed by atoms with Crippen molar-refractivity contribution >= 4 is 15.9 Å². The van der Waals surface area contributed by atoms with Gasteiger partial charge in [-0.2, -0.15) is 4.31 Å². The second-order valence-electron chi connectivity index (χ2n) is 8.08. The lowest BCUT2D eigenvalue weighted by Crippen LogP contribution is -2.46. The number of nitrogens with one attached hydrogen (secondary N) is 1. The SMILES string of the molecule is CC[C@@H](NC(=O)[C@@H]1CCCN(S(=O)(=O)c2ccc(OC)cc2)C1)c1ccc(OC)c(C)c1. The average molecular weight is 461 g/mol. The maximum atomic E-state index is 13.1. The highest BCUT2D eigenvalue weighted by molar-refractivity contribution is 7.89. The number of benzene rings is 2. The van der Waals surface area contributed by atoms with Gasteiger partial charge in [0.1, 0.15) is 11.5 Å². The van der Waals surface area contributed by atoms with Crippen molar-refractivity contribution in [2.45, 2.75) is 44.0 Å². The first-order valence-corrected chi connectivity index (χ1v) is 12.3. The van der Waals surface area contributed by atoms with Crippen molar-refractivity contribution < 1.29 is 22.7 Å². The molecule has 1 heterocycles. The molecule has 7 nitrogen and oxygen atoms in total. The van der Waals surface area contributed by atoms with E-state index in [1.54, 1.807) is 19.2 Å². The van der Waals surface area contributed by atoms with Gasteiger partial charge in [-0.15, -0.1) is 0 Å². The number of ether oxygens (including phenoxy) is 2. The molecule has 174 valence electrons. The summed E-state index contributed by atoms with van der Waals surface area (Å²) in [5.41, 5.74) is 2.02. The topological polar surface area (TPSA) is 84.9 Å². The molecule has 8 heteroatoms. The van der Waals surface area contributed by atoms with E-state index in [1.807, 2.05) is 32.0 Å². The van der Waals surface area contributed by atoms with Crippen LogP contribution in [0, 0.1) is 12.8 Å². The Morgan fingerprint density at radius 1 is 1.16 bits per heavy atom. The summed E-state index contributed by atoms with van der Waals surface area (Å²) in [7, 11) is -0.498. The second kappa shape index (κ2) is 10.4. The highest BCUT2D eigenvalue weighted by Gasteiger charge is 2.34. The lowest BCUT2D eigenvalue weighted by molar-refractivity contribution is -0.126. The summed E-state index contributed by atoms with van der Waals surface area (Å²) in [5.74, 6) is 0.908. The Morgan fingerprint density at radius 2 is 1.88 bits per heavy atom. The van der Waals surface area contributed by atoms with E-state index in [4.69, 9.17) is 9.47 Å². The Labute approximate surface area is 190 Å². The largest absolute Gasteiger partial charge is 0.497 e. The number of hydrogen-bond acceptors (Lipinski definition) is 5. The molecule has 2 aromatic rings. The minimum atomic E-state index is -3.67. The molecule has 0 saturated carbocycles. The molecule has 0 aliphatic carbocycles. The van der Waals surface area contributed by atoms with Crippen LogP contribution in [-0.4, -0.2) is 45.9 Å². The molecule has 2 aromatic carbocycles. The smallest absolute Gasteiger partial charge is 0.243 e. The third-order valence-corrected chi connectivity index (χ3v) is 7.88. The molecule has 1 aliphatic rings. The molecule has 0 aromatic heterocycles. The van der Waals surface area contributed by atoms with Crippen LogP contribution in [0.4, 0.5) is 0 Å². The van der Waals surface area contributed by atoms with E-state index in [0.29, 0.717) is 25.1 Å². The van der Waals surface area contributed by atoms with Crippen LogP contribution in [0.1, 0.15) is 43.4 Å². The minimum Gasteiger partial charge on any atom is -0.497 e. The van der Waals surface area contributed by atoms with Gasteiger partial charge in [0.05, 0.1) is 31.1 Å². The highest BCUT2D eigenvalue weighted by Crippen LogP contribution is 2.28. The molecular weight excluding hydrogens is 428 g/mol. The standard InChI is InChI=1S/C24H32N2O5S/c1-5-22(18-8-13-23(31-4)17(2)15-18)25-24(27)19-7-6-14-26(16-19)32(28,29)21-11-9-20(30-3)10-12-21/h8-13,15,19,22H,5-7,14,16H2,1-4H3,(H,25,27)/t19-,22-/m1/s1. The number of sulfonamides is 1. The van der Waals surface area contributed by atoms with E-state index < -0.39 is 10.0 Å². The Kier molecular flexibility index (Phi) is 7.79. The number of carbonyl (C=O) groups excluding carboxylic acids is 1. The number of aryl methyl sites for hydroxylation is 1. The lowest BCUT2D eigenvalue weighted by Gasteiger charge is -2.32. The first-order valence-electron chi connectivity index (χ1n) is 10.9. The summed E-state index contributed by atoms with van der Waals surface area (Å²) in [6, 6.07) is 12.1. The maximum Gasteiger partial charge on any atom is 0.243 e. The number of piperidine rings is 1. The second-order valence-corrected chi connectivity index (χ2v) is 10.0. The van der Waals surface area contributed by atoms with Gasteiger partial charge in [0.25, 0.3) is 0 Å². The predicted octanol–water partition coefficient (Wildman–Crippen LogP) is 3.68. The molecule has 1 saturated heterocycles. The number of rotatable bonds is 8. The summed E-state index contributed by atoms with van der Waals surface area (Å²) >= 11 is 0. The minimum absolute atomic E-state index is 0.111. The van der Waals surface area contributed by atoms with Crippen molar-refractivity contribution in [1.82, 2.24) is 9.62 Å². The van der Waals surface area contributed by atoms with E-state index >= 15 is 0 Å². The van der Waals surface area contributed by atoms with Crippen LogP contribution in [0.5, 0.6) is 11.5 Å². The summed E-state index contributed by atoms with van der Waals surface area (Å²) < 4.78 is 38.0. The third-order valence-electron chi connectivity index (χ3n) is 6.00. The van der Waals surface area contributed by atoms with Gasteiger partial charge in [0, 0.05) is 13.1 Å². The molecule has 0 radical (unpaired) electrons. The van der Waals surface area contributed by atoms with E-state index in [1.165, 1.54) is 23.5 Å². The average Bonchev–Trinajstić information content (AvgIpc) is 2.82. The first-order chi connectivity index (χ1) is 15.3. The van der Waals surface area contributed by atoms with Crippen molar-refractivity contribution in [3.8, 4) is 11.5 Å². The van der Waals surface area contributed by atoms with Gasteiger partial charge in [-0.25, -0.2) is 8.42 Å². The molecule has 1 N–H and O–H groups in total. The van der Waals surface area contributed by atoms with Gasteiger partial charge >= 0.3 is 0 Å². The van der Waals surface area contributed by atoms with Crippen LogP contribution in [-0.2, 0) is 14.8 Å². The van der Waals surface area contributed by atoms with Gasteiger partial charge in [0.2, 0.25) is 15.9 Å². The fourth-order valence-corrected chi connectivity index (χ4v) is 5.62. The number of methoxy groups -OCH3 is 2. The van der Waals surface area contributed by atoms with Gasteiger partial charge in [-0.3, -0.25) is 4.79 Å². The molecule has 0 unspecified atom stereocenters. The van der Waals surface area contributed by atoms with Gasteiger partial charge < -0.3 is 14.8 Å². The normalized spacial score (nSPS) is 18.1. The van der Waals surface area contributed by atoms with E-state index in [-0.39, 0.29) is 29.3 Å². The maximum absolute atomic E-state index is 13.1. The van der Waals surface area contributed by atoms with E-state index in [0.717, 1.165) is 23.3 Å². The molecule has 3 rings (SSSR count). The summed E-state index contributed by atoms with van der Waals surface area (Å²) in [6.07, 6.45) is 2.04. The van der Waals surface area contributed by atoms with E-state index in [9.17, 15) is 13.2 Å². The van der Waals surface area contributed by atoms with Crippen molar-refractivity contribution in [2.75, 3.05) is 27.3 Å². The number of nitrogens with zero attached hydrogens (tertiary/aromatic N) is 1. The van der Waals surface area contributed by atoms with Crippen LogP contribution in [0.3, 0.4) is 0 Å². The fraction of sp³-hybridized carbons (Fsp3) is 0.458. The van der Waals surface area contributed by atoms with Crippen molar-refractivity contribution in [3.63, 3.8) is 0 Å². The molecule has 0 bridgehead atoms. The van der Waals surface area contributed by atoms with Crippen molar-refractivity contribution in [3.05, 3.63) is 53.6 Å². The van der Waals surface area contributed by atoms with Crippen molar-refractivity contribution in [1.29, 1.82) is 0 Å². The van der Waals surface area contributed by atoms with Gasteiger partial charge in [0.15, 0.2) is 0 Å². The third kappa shape index (κ3) is 5.24. The summed E-state index contributed by atoms with van der Waals surface area (Å²) in [6.45, 7) is 4.58. The monoisotopic (exact) mass is 460 g/mol. The Bertz CT molecular complexity index is 1040.